The Morgan fingerprint density at radius 2 is 1.96 bits per heavy atom. The summed E-state index contributed by atoms with van der Waals surface area (Å²) < 4.78 is 17.2. The highest BCUT2D eigenvalue weighted by Gasteiger charge is 2.19. The maximum atomic E-state index is 12.6. The van der Waals surface area contributed by atoms with E-state index in [2.05, 4.69) is 13.0 Å². The van der Waals surface area contributed by atoms with Crippen molar-refractivity contribution < 1.29 is 19.0 Å². The predicted octanol–water partition coefficient (Wildman–Crippen LogP) is 3.89. The van der Waals surface area contributed by atoms with Gasteiger partial charge >= 0.3 is 0 Å². The van der Waals surface area contributed by atoms with E-state index < -0.39 is 0 Å². The Labute approximate surface area is 160 Å². The highest BCUT2D eigenvalue weighted by molar-refractivity contribution is 5.76. The van der Waals surface area contributed by atoms with Crippen molar-refractivity contribution in [2.24, 2.45) is 0 Å². The number of rotatable bonds is 7. The van der Waals surface area contributed by atoms with E-state index >= 15 is 0 Å². The Kier molecular flexibility index (Phi) is 6.22. The lowest BCUT2D eigenvalue weighted by Gasteiger charge is -2.25. The van der Waals surface area contributed by atoms with Gasteiger partial charge in [0.15, 0.2) is 11.5 Å². The molecule has 0 bridgehead atoms. The van der Waals surface area contributed by atoms with Crippen LogP contribution in [0.2, 0.25) is 0 Å². The molecule has 2 aromatic carbocycles. The SMILES string of the molecule is CCN(Cc1cccc2c1OCCO2)C(=O)CCOc1ccc(C)cc1C. The summed E-state index contributed by atoms with van der Waals surface area (Å²) in [5, 5.41) is 0. The molecule has 5 nitrogen and oxygen atoms in total. The molecule has 0 N–H and O–H groups in total. The molecule has 0 saturated heterocycles. The fourth-order valence-electron chi connectivity index (χ4n) is 3.21. The van der Waals surface area contributed by atoms with Gasteiger partial charge < -0.3 is 19.1 Å². The first-order valence-electron chi connectivity index (χ1n) is 9.43. The maximum Gasteiger partial charge on any atom is 0.226 e. The van der Waals surface area contributed by atoms with Crippen molar-refractivity contribution in [1.82, 2.24) is 4.90 Å². The van der Waals surface area contributed by atoms with Crippen LogP contribution in [0.15, 0.2) is 36.4 Å². The van der Waals surface area contributed by atoms with E-state index in [0.29, 0.717) is 39.3 Å². The van der Waals surface area contributed by atoms with E-state index in [1.165, 1.54) is 5.56 Å². The molecule has 1 aliphatic rings. The Bertz CT molecular complexity index is 803. The van der Waals surface area contributed by atoms with Gasteiger partial charge in [-0.3, -0.25) is 4.79 Å². The lowest BCUT2D eigenvalue weighted by atomic mass is 10.1. The average molecular weight is 369 g/mol. The molecule has 0 unspecified atom stereocenters. The lowest BCUT2D eigenvalue weighted by Crippen LogP contribution is -2.31. The minimum Gasteiger partial charge on any atom is -0.493 e. The minimum atomic E-state index is 0.0663. The molecule has 1 amide bonds. The van der Waals surface area contributed by atoms with E-state index in [-0.39, 0.29) is 5.91 Å². The van der Waals surface area contributed by atoms with Gasteiger partial charge in [-0.2, -0.15) is 0 Å². The largest absolute Gasteiger partial charge is 0.493 e. The van der Waals surface area contributed by atoms with Gasteiger partial charge in [-0.25, -0.2) is 0 Å². The van der Waals surface area contributed by atoms with Crippen molar-refractivity contribution in [3.63, 3.8) is 0 Å². The second-order valence-corrected chi connectivity index (χ2v) is 6.72. The zero-order valence-corrected chi connectivity index (χ0v) is 16.3. The van der Waals surface area contributed by atoms with Gasteiger partial charge in [0, 0.05) is 18.7 Å². The molecule has 3 rings (SSSR count). The summed E-state index contributed by atoms with van der Waals surface area (Å²) in [6, 6.07) is 11.9. The van der Waals surface area contributed by atoms with Gasteiger partial charge in [-0.15, -0.1) is 0 Å². The number of carbonyl (C=O) groups is 1. The topological polar surface area (TPSA) is 48.0 Å². The number of amides is 1. The number of para-hydroxylation sites is 1. The van der Waals surface area contributed by atoms with Crippen LogP contribution in [0.1, 0.15) is 30.0 Å². The van der Waals surface area contributed by atoms with Crippen molar-refractivity contribution in [2.45, 2.75) is 33.7 Å². The van der Waals surface area contributed by atoms with E-state index in [4.69, 9.17) is 14.2 Å². The standard InChI is InChI=1S/C22H27NO4/c1-4-23(15-18-6-5-7-20-22(18)27-13-12-26-20)21(24)10-11-25-19-9-8-16(2)14-17(19)3/h5-9,14H,4,10-13,15H2,1-3H3. The fourth-order valence-corrected chi connectivity index (χ4v) is 3.21. The Hall–Kier alpha value is -2.69. The molecule has 0 saturated carbocycles. The van der Waals surface area contributed by atoms with Crippen LogP contribution in [-0.4, -0.2) is 37.2 Å². The van der Waals surface area contributed by atoms with Crippen LogP contribution in [0.3, 0.4) is 0 Å². The highest BCUT2D eigenvalue weighted by Crippen LogP contribution is 2.34. The van der Waals surface area contributed by atoms with E-state index in [9.17, 15) is 4.79 Å². The predicted molar refractivity (Wildman–Crippen MR) is 105 cm³/mol. The first kappa shape index (κ1) is 19.1. The minimum absolute atomic E-state index is 0.0663. The van der Waals surface area contributed by atoms with Crippen molar-refractivity contribution in [3.05, 3.63) is 53.1 Å². The zero-order chi connectivity index (χ0) is 19.2. The van der Waals surface area contributed by atoms with Crippen LogP contribution < -0.4 is 14.2 Å². The average Bonchev–Trinajstić information content (AvgIpc) is 2.67. The third-order valence-corrected chi connectivity index (χ3v) is 4.65. The summed E-state index contributed by atoms with van der Waals surface area (Å²) in [6.07, 6.45) is 0.341. The third-order valence-electron chi connectivity index (χ3n) is 4.65. The van der Waals surface area contributed by atoms with Gasteiger partial charge in [0.05, 0.1) is 13.0 Å². The van der Waals surface area contributed by atoms with Gasteiger partial charge in [0.25, 0.3) is 0 Å². The summed E-state index contributed by atoms with van der Waals surface area (Å²) in [5.74, 6) is 2.40. The Morgan fingerprint density at radius 1 is 1.15 bits per heavy atom. The van der Waals surface area contributed by atoms with Crippen LogP contribution in [0.5, 0.6) is 17.2 Å². The zero-order valence-electron chi connectivity index (χ0n) is 16.3. The normalized spacial score (nSPS) is 12.6. The summed E-state index contributed by atoms with van der Waals surface area (Å²) >= 11 is 0. The quantitative estimate of drug-likeness (QED) is 0.743. The molecule has 0 atom stereocenters. The number of carbonyl (C=O) groups excluding carboxylic acids is 1. The van der Waals surface area contributed by atoms with Crippen LogP contribution in [-0.2, 0) is 11.3 Å². The first-order chi connectivity index (χ1) is 13.1. The summed E-state index contributed by atoms with van der Waals surface area (Å²) in [6.45, 7) is 8.65. The van der Waals surface area contributed by atoms with Crippen molar-refractivity contribution >= 4 is 5.91 Å². The van der Waals surface area contributed by atoms with Crippen molar-refractivity contribution in [1.29, 1.82) is 0 Å². The maximum absolute atomic E-state index is 12.6. The Balaban J connectivity index is 1.58. The van der Waals surface area contributed by atoms with Crippen LogP contribution in [0, 0.1) is 13.8 Å². The molecule has 1 aliphatic heterocycles. The van der Waals surface area contributed by atoms with Crippen LogP contribution in [0.25, 0.3) is 0 Å². The molecule has 0 spiro atoms. The van der Waals surface area contributed by atoms with Crippen molar-refractivity contribution in [2.75, 3.05) is 26.4 Å². The lowest BCUT2D eigenvalue weighted by molar-refractivity contribution is -0.132. The number of hydrogen-bond donors (Lipinski definition) is 0. The number of hydrogen-bond acceptors (Lipinski definition) is 4. The number of fused-ring (bicyclic) bond motifs is 1. The first-order valence-corrected chi connectivity index (χ1v) is 9.43. The van der Waals surface area contributed by atoms with E-state index in [1.54, 1.807) is 0 Å². The smallest absolute Gasteiger partial charge is 0.226 e. The molecule has 144 valence electrons. The van der Waals surface area contributed by atoms with Crippen LogP contribution >= 0.6 is 0 Å². The van der Waals surface area contributed by atoms with E-state index in [1.807, 2.05) is 49.1 Å². The fraction of sp³-hybridized carbons (Fsp3) is 0.409. The molecule has 0 aliphatic carbocycles. The molecular weight excluding hydrogens is 342 g/mol. The highest BCUT2D eigenvalue weighted by atomic mass is 16.6. The van der Waals surface area contributed by atoms with Gasteiger partial charge in [0.1, 0.15) is 19.0 Å². The third kappa shape index (κ3) is 4.73. The molecule has 1 heterocycles. The molecule has 5 heteroatoms. The Morgan fingerprint density at radius 3 is 2.74 bits per heavy atom. The van der Waals surface area contributed by atoms with Gasteiger partial charge in [-0.05, 0) is 38.5 Å². The van der Waals surface area contributed by atoms with E-state index in [0.717, 1.165) is 28.4 Å². The number of aryl methyl sites for hydroxylation is 2. The second kappa shape index (κ2) is 8.80. The molecule has 0 aromatic heterocycles. The van der Waals surface area contributed by atoms with Gasteiger partial charge in [0.2, 0.25) is 5.91 Å². The summed E-state index contributed by atoms with van der Waals surface area (Å²) in [4.78, 5) is 14.5. The monoisotopic (exact) mass is 369 g/mol. The number of nitrogens with zero attached hydrogens (tertiary/aromatic N) is 1. The number of benzene rings is 2. The van der Waals surface area contributed by atoms with Crippen LogP contribution in [0.4, 0.5) is 0 Å². The summed E-state index contributed by atoms with van der Waals surface area (Å²) in [5.41, 5.74) is 3.26. The second-order valence-electron chi connectivity index (χ2n) is 6.72. The van der Waals surface area contributed by atoms with Crippen molar-refractivity contribution in [3.8, 4) is 17.2 Å². The molecule has 27 heavy (non-hydrogen) atoms. The van der Waals surface area contributed by atoms with Gasteiger partial charge in [-0.1, -0.05) is 29.8 Å². The molecule has 0 fully saturated rings. The molecular formula is C22H27NO4. The summed E-state index contributed by atoms with van der Waals surface area (Å²) in [7, 11) is 0. The molecule has 0 radical (unpaired) electrons. The number of ether oxygens (including phenoxy) is 3. The molecule has 2 aromatic rings.